The average Bonchev–Trinajstić information content (AvgIpc) is 2.38. The first kappa shape index (κ1) is 17.4. The van der Waals surface area contributed by atoms with Gasteiger partial charge in [-0.1, -0.05) is 31.3 Å². The first-order valence-electron chi connectivity index (χ1n) is 6.36. The third-order valence-corrected chi connectivity index (χ3v) is 5.48. The lowest BCUT2D eigenvalue weighted by molar-refractivity contribution is 0.557. The normalized spacial score (nSPS) is 13.1. The van der Waals surface area contributed by atoms with Crippen LogP contribution < -0.4 is 10.5 Å². The molecule has 0 spiro atoms. The van der Waals surface area contributed by atoms with Gasteiger partial charge in [-0.15, -0.1) is 0 Å². The molecule has 0 fully saturated rings. The fourth-order valence-corrected chi connectivity index (χ4v) is 3.82. The third-order valence-electron chi connectivity index (χ3n) is 2.70. The van der Waals surface area contributed by atoms with Gasteiger partial charge in [0.2, 0.25) is 10.0 Å². The van der Waals surface area contributed by atoms with Crippen molar-refractivity contribution < 1.29 is 8.42 Å². The molecule has 0 aliphatic carbocycles. The molecule has 0 bridgehead atoms. The van der Waals surface area contributed by atoms with Gasteiger partial charge < -0.3 is 5.73 Å². The average molecular weight is 333 g/mol. The van der Waals surface area contributed by atoms with Crippen LogP contribution in [-0.2, 0) is 10.0 Å². The summed E-state index contributed by atoms with van der Waals surface area (Å²) < 4.78 is 27.0. The molecule has 20 heavy (non-hydrogen) atoms. The number of nitrogens with two attached hydrogens (primary N) is 1. The van der Waals surface area contributed by atoms with Gasteiger partial charge >= 0.3 is 0 Å². The summed E-state index contributed by atoms with van der Waals surface area (Å²) in [6.07, 6.45) is 0.808. The highest BCUT2D eigenvalue weighted by atomic mass is 32.2. The second-order valence-electron chi connectivity index (χ2n) is 4.40. The molecule has 0 radical (unpaired) electrons. The van der Waals surface area contributed by atoms with Gasteiger partial charge in [-0.2, -0.15) is 11.8 Å². The summed E-state index contributed by atoms with van der Waals surface area (Å²) in [4.78, 5) is 0.486. The smallest absolute Gasteiger partial charge is 0.240 e. The van der Waals surface area contributed by atoms with E-state index in [1.165, 1.54) is 12.1 Å². The van der Waals surface area contributed by atoms with Crippen LogP contribution in [-0.4, -0.2) is 31.0 Å². The van der Waals surface area contributed by atoms with Crippen LogP contribution in [0.5, 0.6) is 0 Å². The van der Waals surface area contributed by atoms with E-state index in [4.69, 9.17) is 18.0 Å². The first-order chi connectivity index (χ1) is 9.36. The van der Waals surface area contributed by atoms with Crippen LogP contribution in [0.25, 0.3) is 0 Å². The molecule has 0 aliphatic heterocycles. The lowest BCUT2D eigenvalue weighted by atomic mass is 10.2. The second-order valence-corrected chi connectivity index (χ2v) is 7.94. The highest BCUT2D eigenvalue weighted by Gasteiger charge is 2.17. The fraction of sp³-hybridized carbons (Fsp3) is 0.462. The van der Waals surface area contributed by atoms with Crippen molar-refractivity contribution in [2.45, 2.75) is 31.2 Å². The van der Waals surface area contributed by atoms with Crippen LogP contribution in [0.3, 0.4) is 0 Å². The fourth-order valence-electron chi connectivity index (χ4n) is 1.59. The van der Waals surface area contributed by atoms with Gasteiger partial charge in [0.1, 0.15) is 4.99 Å². The van der Waals surface area contributed by atoms with Crippen LogP contribution in [0, 0.1) is 0 Å². The Balaban J connectivity index is 2.70. The molecule has 1 rings (SSSR count). The first-order valence-corrected chi connectivity index (χ1v) is 9.41. The van der Waals surface area contributed by atoms with Gasteiger partial charge in [-0.25, -0.2) is 13.1 Å². The summed E-state index contributed by atoms with van der Waals surface area (Å²) in [6.45, 7) is 3.96. The molecule has 0 amide bonds. The Labute approximate surface area is 130 Å². The summed E-state index contributed by atoms with van der Waals surface area (Å²) in [6, 6.07) is 6.19. The van der Waals surface area contributed by atoms with Gasteiger partial charge in [0.05, 0.1) is 4.90 Å². The Morgan fingerprint density at radius 1 is 1.40 bits per heavy atom. The van der Waals surface area contributed by atoms with Crippen molar-refractivity contribution in [3.8, 4) is 0 Å². The lowest BCUT2D eigenvalue weighted by Crippen LogP contribution is -2.33. The monoisotopic (exact) mass is 332 g/mol. The maximum atomic E-state index is 12.2. The molecule has 0 saturated carbocycles. The van der Waals surface area contributed by atoms with E-state index in [0.717, 1.165) is 17.9 Å². The van der Waals surface area contributed by atoms with E-state index in [1.54, 1.807) is 23.9 Å². The number of hydrogen-bond acceptors (Lipinski definition) is 4. The topological polar surface area (TPSA) is 72.2 Å². The molecule has 1 aromatic carbocycles. The predicted molar refractivity (Wildman–Crippen MR) is 89.7 cm³/mol. The molecular formula is C13H20N2O2S3. The van der Waals surface area contributed by atoms with Gasteiger partial charge in [0.15, 0.2) is 0 Å². The van der Waals surface area contributed by atoms with Crippen molar-refractivity contribution in [2.24, 2.45) is 5.73 Å². The molecule has 1 aromatic rings. The van der Waals surface area contributed by atoms with Crippen LogP contribution in [0.15, 0.2) is 29.2 Å². The minimum absolute atomic E-state index is 0.0886. The van der Waals surface area contributed by atoms with Crippen molar-refractivity contribution in [3.63, 3.8) is 0 Å². The third kappa shape index (κ3) is 5.40. The van der Waals surface area contributed by atoms with Crippen molar-refractivity contribution >= 4 is 39.0 Å². The number of benzene rings is 1. The second kappa shape index (κ2) is 7.97. The lowest BCUT2D eigenvalue weighted by Gasteiger charge is -2.14. The quantitative estimate of drug-likeness (QED) is 0.564. The van der Waals surface area contributed by atoms with Crippen molar-refractivity contribution in [1.82, 2.24) is 4.72 Å². The Kier molecular flexibility index (Phi) is 6.94. The molecule has 0 heterocycles. The highest BCUT2D eigenvalue weighted by molar-refractivity contribution is 7.99. The van der Waals surface area contributed by atoms with Crippen LogP contribution in [0.4, 0.5) is 0 Å². The molecule has 1 unspecified atom stereocenters. The zero-order valence-corrected chi connectivity index (χ0v) is 14.1. The summed E-state index contributed by atoms with van der Waals surface area (Å²) in [5.41, 5.74) is 6.14. The van der Waals surface area contributed by atoms with Gasteiger partial charge in [-0.3, -0.25) is 0 Å². The van der Waals surface area contributed by atoms with Crippen molar-refractivity contribution in [3.05, 3.63) is 29.8 Å². The van der Waals surface area contributed by atoms with E-state index >= 15 is 0 Å². The van der Waals surface area contributed by atoms with Crippen LogP contribution in [0.2, 0.25) is 0 Å². The largest absolute Gasteiger partial charge is 0.389 e. The number of rotatable bonds is 8. The summed E-state index contributed by atoms with van der Waals surface area (Å²) >= 11 is 6.64. The van der Waals surface area contributed by atoms with Crippen molar-refractivity contribution in [1.29, 1.82) is 0 Å². The van der Waals surface area contributed by atoms with E-state index in [1.807, 2.05) is 6.92 Å². The number of hydrogen-bond donors (Lipinski definition) is 2. The van der Waals surface area contributed by atoms with Gasteiger partial charge in [-0.05, 0) is 37.0 Å². The zero-order valence-electron chi connectivity index (χ0n) is 11.6. The summed E-state index contributed by atoms with van der Waals surface area (Å²) in [5.74, 6) is 1.99. The molecule has 1 atom stereocenters. The zero-order chi connectivity index (χ0) is 15.2. The molecule has 7 heteroatoms. The maximum absolute atomic E-state index is 12.2. The van der Waals surface area contributed by atoms with Crippen molar-refractivity contribution in [2.75, 3.05) is 11.5 Å². The molecule has 0 aromatic heterocycles. The summed E-state index contributed by atoms with van der Waals surface area (Å²) in [5, 5.41) is 0. The van der Waals surface area contributed by atoms with E-state index in [9.17, 15) is 8.42 Å². The van der Waals surface area contributed by atoms with Gasteiger partial charge in [0.25, 0.3) is 0 Å². The SMILES string of the molecule is CCSCCC(C)NS(=O)(=O)c1ccc(C(N)=S)cc1. The number of sulfonamides is 1. The molecule has 112 valence electrons. The van der Waals surface area contributed by atoms with Crippen LogP contribution >= 0.6 is 24.0 Å². The Morgan fingerprint density at radius 3 is 2.50 bits per heavy atom. The number of thiocarbonyl (C=S) groups is 1. The maximum Gasteiger partial charge on any atom is 0.240 e. The molecule has 0 aliphatic rings. The standard InChI is InChI=1S/C13H20N2O2S3/c1-3-19-9-8-10(2)15-20(16,17)12-6-4-11(5-7-12)13(14)18/h4-7,10,15H,3,8-9H2,1-2H3,(H2,14,18). The Hall–Kier alpha value is -0.630. The van der Waals surface area contributed by atoms with E-state index in [2.05, 4.69) is 11.6 Å². The van der Waals surface area contributed by atoms with E-state index < -0.39 is 10.0 Å². The predicted octanol–water partition coefficient (Wildman–Crippen LogP) is 2.13. The minimum atomic E-state index is -3.48. The molecule has 3 N–H and O–H groups in total. The highest BCUT2D eigenvalue weighted by Crippen LogP contribution is 2.12. The Morgan fingerprint density at radius 2 is 2.00 bits per heavy atom. The number of thioether (sulfide) groups is 1. The van der Waals surface area contributed by atoms with E-state index in [0.29, 0.717) is 5.56 Å². The van der Waals surface area contributed by atoms with E-state index in [-0.39, 0.29) is 15.9 Å². The van der Waals surface area contributed by atoms with Gasteiger partial charge in [0, 0.05) is 11.6 Å². The number of nitrogens with one attached hydrogen (secondary N) is 1. The molecule has 0 saturated heterocycles. The Bertz CT molecular complexity index is 541. The summed E-state index contributed by atoms with van der Waals surface area (Å²) in [7, 11) is -3.48. The minimum Gasteiger partial charge on any atom is -0.389 e. The molecular weight excluding hydrogens is 312 g/mol. The molecule has 4 nitrogen and oxygen atoms in total. The van der Waals surface area contributed by atoms with Crippen LogP contribution in [0.1, 0.15) is 25.8 Å².